The number of carbonyl (C=O) groups excluding carboxylic acids is 1. The molecule has 0 aromatic carbocycles. The van der Waals surface area contributed by atoms with Crippen molar-refractivity contribution < 1.29 is 4.79 Å². The highest BCUT2D eigenvalue weighted by Crippen LogP contribution is 1.94. The van der Waals surface area contributed by atoms with Crippen LogP contribution in [0.3, 0.4) is 0 Å². The summed E-state index contributed by atoms with van der Waals surface area (Å²) < 4.78 is 0. The Morgan fingerprint density at radius 2 is 2.11 bits per heavy atom. The van der Waals surface area contributed by atoms with Crippen LogP contribution in [-0.2, 0) is 4.79 Å². The minimum Gasteiger partial charge on any atom is -0.357 e. The normalized spacial score (nSPS) is 11.0. The molecule has 0 unspecified atom stereocenters. The minimum absolute atomic E-state index is 0.0308. The molecule has 0 aromatic rings. The molecule has 0 bridgehead atoms. The summed E-state index contributed by atoms with van der Waals surface area (Å²) in [5.74, 6) is 0.745. The maximum absolute atomic E-state index is 11.5. The number of allylic oxidation sites excluding steroid dienone is 1. The van der Waals surface area contributed by atoms with Crippen LogP contribution >= 0.6 is 0 Å². The van der Waals surface area contributed by atoms with E-state index in [1.54, 1.807) is 0 Å². The molecule has 0 fully saturated rings. The molecule has 0 heterocycles. The van der Waals surface area contributed by atoms with Gasteiger partial charge in [-0.3, -0.25) is 4.79 Å². The molecule has 0 spiro atoms. The van der Waals surface area contributed by atoms with Crippen molar-refractivity contribution in [3.8, 4) is 0 Å². The molecule has 0 atom stereocenters. The zero-order chi connectivity index (χ0) is 14.5. The summed E-state index contributed by atoms with van der Waals surface area (Å²) >= 11 is 0. The zero-order valence-corrected chi connectivity index (χ0v) is 12.5. The van der Waals surface area contributed by atoms with E-state index in [0.717, 1.165) is 38.3 Å². The summed E-state index contributed by atoms with van der Waals surface area (Å²) in [4.78, 5) is 17.9. The molecule has 2 N–H and O–H groups in total. The number of nitrogens with one attached hydrogen (secondary N) is 2. The maximum atomic E-state index is 11.5. The number of hydrogen-bond acceptors (Lipinski definition) is 2. The van der Waals surface area contributed by atoms with Crippen molar-refractivity contribution in [1.82, 2.24) is 15.5 Å². The first-order valence-corrected chi connectivity index (χ1v) is 7.02. The van der Waals surface area contributed by atoms with Gasteiger partial charge in [0.05, 0.1) is 0 Å². The fourth-order valence-corrected chi connectivity index (χ4v) is 1.52. The Bertz CT molecular complexity index is 289. The van der Waals surface area contributed by atoms with Crippen LogP contribution in [0.2, 0.25) is 0 Å². The Balaban J connectivity index is 4.26. The van der Waals surface area contributed by atoms with E-state index in [1.165, 1.54) is 0 Å². The SMILES string of the molecule is C=CCCCN(C)C(=NCC(=O)NCCC)NCC. The number of aliphatic imine (C=N–C) groups is 1. The average molecular weight is 268 g/mol. The van der Waals surface area contributed by atoms with Crippen LogP contribution in [0.1, 0.15) is 33.1 Å². The van der Waals surface area contributed by atoms with Crippen molar-refractivity contribution in [3.63, 3.8) is 0 Å². The van der Waals surface area contributed by atoms with Gasteiger partial charge in [0.15, 0.2) is 5.96 Å². The molecule has 0 aromatic heterocycles. The molecule has 0 saturated heterocycles. The van der Waals surface area contributed by atoms with Gasteiger partial charge in [0.25, 0.3) is 0 Å². The van der Waals surface area contributed by atoms with E-state index in [0.29, 0.717) is 6.54 Å². The molecule has 0 rings (SSSR count). The molecule has 0 aliphatic rings. The third-order valence-corrected chi connectivity index (χ3v) is 2.54. The number of hydrogen-bond donors (Lipinski definition) is 2. The molecule has 0 aliphatic heterocycles. The number of nitrogens with zero attached hydrogens (tertiary/aromatic N) is 2. The van der Waals surface area contributed by atoms with Gasteiger partial charge < -0.3 is 15.5 Å². The predicted molar refractivity (Wildman–Crippen MR) is 81.3 cm³/mol. The fraction of sp³-hybridized carbons (Fsp3) is 0.714. The van der Waals surface area contributed by atoms with Gasteiger partial charge in [0, 0.05) is 26.7 Å². The third-order valence-electron chi connectivity index (χ3n) is 2.54. The van der Waals surface area contributed by atoms with Crippen molar-refractivity contribution in [1.29, 1.82) is 0 Å². The summed E-state index contributed by atoms with van der Waals surface area (Å²) in [6.07, 6.45) is 4.88. The largest absolute Gasteiger partial charge is 0.357 e. The quantitative estimate of drug-likeness (QED) is 0.287. The summed E-state index contributed by atoms with van der Waals surface area (Å²) in [5.41, 5.74) is 0. The van der Waals surface area contributed by atoms with Crippen LogP contribution in [-0.4, -0.2) is 50.0 Å². The van der Waals surface area contributed by atoms with Gasteiger partial charge in [-0.05, 0) is 26.2 Å². The monoisotopic (exact) mass is 268 g/mol. The van der Waals surface area contributed by atoms with Crippen molar-refractivity contribution in [2.75, 3.05) is 33.2 Å². The fourth-order valence-electron chi connectivity index (χ4n) is 1.52. The Hall–Kier alpha value is -1.52. The van der Waals surface area contributed by atoms with Gasteiger partial charge in [-0.1, -0.05) is 13.0 Å². The summed E-state index contributed by atoms with van der Waals surface area (Å²) in [5, 5.41) is 6.01. The Morgan fingerprint density at radius 3 is 2.68 bits per heavy atom. The van der Waals surface area contributed by atoms with E-state index >= 15 is 0 Å². The zero-order valence-electron chi connectivity index (χ0n) is 12.5. The van der Waals surface area contributed by atoms with E-state index < -0.39 is 0 Å². The summed E-state index contributed by atoms with van der Waals surface area (Å²) in [6.45, 7) is 10.3. The Kier molecular flexibility index (Phi) is 10.6. The van der Waals surface area contributed by atoms with E-state index in [2.05, 4.69) is 22.2 Å². The van der Waals surface area contributed by atoms with Gasteiger partial charge in [-0.15, -0.1) is 6.58 Å². The van der Waals surface area contributed by atoms with Gasteiger partial charge in [0.2, 0.25) is 5.91 Å². The van der Waals surface area contributed by atoms with Crippen molar-refractivity contribution in [2.24, 2.45) is 4.99 Å². The predicted octanol–water partition coefficient (Wildman–Crippen LogP) is 1.38. The van der Waals surface area contributed by atoms with Crippen LogP contribution in [0.5, 0.6) is 0 Å². The van der Waals surface area contributed by atoms with Crippen LogP contribution in [0.15, 0.2) is 17.6 Å². The lowest BCUT2D eigenvalue weighted by Crippen LogP contribution is -2.40. The molecule has 0 radical (unpaired) electrons. The second-order valence-electron chi connectivity index (χ2n) is 4.37. The van der Waals surface area contributed by atoms with E-state index in [1.807, 2.05) is 31.9 Å². The number of guanidine groups is 1. The number of carbonyl (C=O) groups is 1. The van der Waals surface area contributed by atoms with Crippen molar-refractivity contribution >= 4 is 11.9 Å². The van der Waals surface area contributed by atoms with Crippen LogP contribution in [0.25, 0.3) is 0 Å². The van der Waals surface area contributed by atoms with Crippen LogP contribution in [0.4, 0.5) is 0 Å². The van der Waals surface area contributed by atoms with E-state index in [-0.39, 0.29) is 12.5 Å². The average Bonchev–Trinajstić information content (AvgIpc) is 2.41. The molecule has 0 aliphatic carbocycles. The van der Waals surface area contributed by atoms with E-state index in [4.69, 9.17) is 0 Å². The topological polar surface area (TPSA) is 56.7 Å². The van der Waals surface area contributed by atoms with Crippen LogP contribution in [0, 0.1) is 0 Å². The molecule has 1 amide bonds. The highest BCUT2D eigenvalue weighted by atomic mass is 16.1. The second-order valence-corrected chi connectivity index (χ2v) is 4.37. The molecule has 110 valence electrons. The number of unbranched alkanes of at least 4 members (excludes halogenated alkanes) is 1. The van der Waals surface area contributed by atoms with E-state index in [9.17, 15) is 4.79 Å². The molecule has 19 heavy (non-hydrogen) atoms. The highest BCUT2D eigenvalue weighted by Gasteiger charge is 2.06. The first-order chi connectivity index (χ1) is 9.15. The Morgan fingerprint density at radius 1 is 1.37 bits per heavy atom. The first kappa shape index (κ1) is 17.5. The van der Waals surface area contributed by atoms with Crippen molar-refractivity contribution in [3.05, 3.63) is 12.7 Å². The third kappa shape index (κ3) is 9.11. The molecule has 5 nitrogen and oxygen atoms in total. The highest BCUT2D eigenvalue weighted by molar-refractivity contribution is 5.84. The minimum atomic E-state index is -0.0308. The molecular formula is C14H28N4O. The number of rotatable bonds is 9. The molecule has 5 heteroatoms. The number of amides is 1. The Labute approximate surface area is 117 Å². The maximum Gasteiger partial charge on any atom is 0.241 e. The first-order valence-electron chi connectivity index (χ1n) is 7.02. The lowest BCUT2D eigenvalue weighted by atomic mass is 10.3. The smallest absolute Gasteiger partial charge is 0.241 e. The second kappa shape index (κ2) is 11.6. The molecular weight excluding hydrogens is 240 g/mol. The standard InChI is InChI=1S/C14H28N4O/c1-5-8-9-11-18(4)14(15-7-3)17-12-13(19)16-10-6-2/h5H,1,6-12H2,2-4H3,(H,15,17)(H,16,19). The van der Waals surface area contributed by atoms with Crippen molar-refractivity contribution in [2.45, 2.75) is 33.1 Å². The van der Waals surface area contributed by atoms with Crippen LogP contribution < -0.4 is 10.6 Å². The van der Waals surface area contributed by atoms with Gasteiger partial charge >= 0.3 is 0 Å². The lowest BCUT2D eigenvalue weighted by Gasteiger charge is -2.21. The van der Waals surface area contributed by atoms with Gasteiger partial charge in [-0.2, -0.15) is 0 Å². The van der Waals surface area contributed by atoms with Gasteiger partial charge in [0.1, 0.15) is 6.54 Å². The summed E-state index contributed by atoms with van der Waals surface area (Å²) in [7, 11) is 1.98. The lowest BCUT2D eigenvalue weighted by molar-refractivity contribution is -0.119. The summed E-state index contributed by atoms with van der Waals surface area (Å²) in [6, 6.07) is 0. The van der Waals surface area contributed by atoms with Gasteiger partial charge in [-0.25, -0.2) is 4.99 Å². The molecule has 0 saturated carbocycles.